The summed E-state index contributed by atoms with van der Waals surface area (Å²) in [4.78, 5) is 43.9. The first-order valence-corrected chi connectivity index (χ1v) is 11.5. The monoisotopic (exact) mass is 506 g/mol. The molecule has 0 bridgehead atoms. The van der Waals surface area contributed by atoms with E-state index in [1.807, 2.05) is 0 Å². The van der Waals surface area contributed by atoms with Crippen LogP contribution in [0.15, 0.2) is 72.6 Å². The number of hydrogen-bond donors (Lipinski definition) is 1. The first-order chi connectivity index (χ1) is 17.3. The molecule has 36 heavy (non-hydrogen) atoms. The average Bonchev–Trinajstić information content (AvgIpc) is 3.14. The van der Waals surface area contributed by atoms with Crippen molar-refractivity contribution >= 4 is 35.0 Å². The van der Waals surface area contributed by atoms with Crippen LogP contribution in [0.2, 0.25) is 5.02 Å². The number of hydrogen-bond acceptors (Lipinski definition) is 7. The highest BCUT2D eigenvalue weighted by Gasteiger charge is 2.46. The van der Waals surface area contributed by atoms with Crippen molar-refractivity contribution in [1.82, 2.24) is 9.88 Å². The maximum absolute atomic E-state index is 13.2. The van der Waals surface area contributed by atoms with Gasteiger partial charge < -0.3 is 19.5 Å². The van der Waals surface area contributed by atoms with Gasteiger partial charge in [0.05, 0.1) is 35.9 Å². The van der Waals surface area contributed by atoms with Crippen LogP contribution < -0.4 is 4.74 Å². The predicted octanol–water partition coefficient (Wildman–Crippen LogP) is 4.54. The Hall–Kier alpha value is -4.17. The van der Waals surface area contributed by atoms with Gasteiger partial charge in [-0.1, -0.05) is 29.8 Å². The summed E-state index contributed by atoms with van der Waals surface area (Å²) in [6, 6.07) is 13.7. The molecule has 8 nitrogen and oxygen atoms in total. The second-order valence-corrected chi connectivity index (χ2v) is 8.38. The zero-order valence-electron chi connectivity index (χ0n) is 19.6. The minimum absolute atomic E-state index is 0.0515. The molecule has 0 saturated carbocycles. The minimum Gasteiger partial charge on any atom is -0.507 e. The van der Waals surface area contributed by atoms with Crippen molar-refractivity contribution in [1.29, 1.82) is 0 Å². The van der Waals surface area contributed by atoms with Crippen molar-refractivity contribution < 1.29 is 29.0 Å². The maximum Gasteiger partial charge on any atom is 0.338 e. The average molecular weight is 507 g/mol. The summed E-state index contributed by atoms with van der Waals surface area (Å²) in [5, 5.41) is 11.4. The standard InChI is InChI=1S/C27H23ClN2O6/c1-3-36-27(34)17-8-6-16(7-9-17)15-30-23(18-5-4-12-29-14-18)22(25(32)26(30)33)24(31)20-13-19(35-2)10-11-21(20)28/h4-14,23,31H,3,15H2,1-2H3/b24-22+. The Kier molecular flexibility index (Phi) is 7.36. The number of likely N-dealkylation sites (tertiary alicyclic amines) is 1. The Morgan fingerprint density at radius 3 is 2.53 bits per heavy atom. The number of ether oxygens (including phenoxy) is 2. The van der Waals surface area contributed by atoms with Crippen molar-refractivity contribution in [2.24, 2.45) is 0 Å². The van der Waals surface area contributed by atoms with Crippen LogP contribution in [-0.2, 0) is 20.9 Å². The fourth-order valence-corrected chi connectivity index (χ4v) is 4.25. The number of esters is 1. The van der Waals surface area contributed by atoms with Crippen LogP contribution in [-0.4, -0.2) is 46.4 Å². The number of amides is 1. The number of pyridine rings is 1. The van der Waals surface area contributed by atoms with E-state index in [4.69, 9.17) is 21.1 Å². The van der Waals surface area contributed by atoms with E-state index in [0.717, 1.165) is 0 Å². The molecule has 1 aliphatic heterocycles. The van der Waals surface area contributed by atoms with E-state index >= 15 is 0 Å². The molecule has 1 fully saturated rings. The molecule has 9 heteroatoms. The molecule has 1 N–H and O–H groups in total. The van der Waals surface area contributed by atoms with Gasteiger partial charge in [-0.15, -0.1) is 0 Å². The van der Waals surface area contributed by atoms with E-state index < -0.39 is 29.5 Å². The predicted molar refractivity (Wildman–Crippen MR) is 132 cm³/mol. The van der Waals surface area contributed by atoms with Gasteiger partial charge in [0, 0.05) is 24.5 Å². The van der Waals surface area contributed by atoms with E-state index in [2.05, 4.69) is 4.98 Å². The number of aliphatic hydroxyl groups excluding tert-OH is 1. The molecule has 2 aromatic carbocycles. The van der Waals surface area contributed by atoms with Crippen LogP contribution in [0.1, 0.15) is 40.0 Å². The molecule has 0 radical (unpaired) electrons. The number of methoxy groups -OCH3 is 1. The second-order valence-electron chi connectivity index (χ2n) is 7.98. The number of carbonyl (C=O) groups is 3. The molecule has 4 rings (SSSR count). The number of halogens is 1. The van der Waals surface area contributed by atoms with E-state index in [1.54, 1.807) is 55.6 Å². The SMILES string of the molecule is CCOC(=O)c1ccc(CN2C(=O)C(=O)/C(=C(/O)c3cc(OC)ccc3Cl)C2c2cccnc2)cc1. The van der Waals surface area contributed by atoms with E-state index in [9.17, 15) is 19.5 Å². The lowest BCUT2D eigenvalue weighted by atomic mass is 9.96. The lowest BCUT2D eigenvalue weighted by Gasteiger charge is -2.25. The number of rotatable bonds is 7. The van der Waals surface area contributed by atoms with Crippen molar-refractivity contribution in [2.45, 2.75) is 19.5 Å². The highest BCUT2D eigenvalue weighted by Crippen LogP contribution is 2.41. The summed E-state index contributed by atoms with van der Waals surface area (Å²) in [6.45, 7) is 2.03. The van der Waals surface area contributed by atoms with Crippen LogP contribution in [0.5, 0.6) is 5.75 Å². The maximum atomic E-state index is 13.2. The molecular formula is C27H23ClN2O6. The van der Waals surface area contributed by atoms with Crippen LogP contribution in [0.4, 0.5) is 0 Å². The molecule has 1 aliphatic rings. The quantitative estimate of drug-likeness (QED) is 0.217. The molecular weight excluding hydrogens is 484 g/mol. The zero-order chi connectivity index (χ0) is 25.8. The Bertz CT molecular complexity index is 1340. The van der Waals surface area contributed by atoms with Crippen LogP contribution in [0.25, 0.3) is 5.76 Å². The smallest absolute Gasteiger partial charge is 0.338 e. The van der Waals surface area contributed by atoms with Crippen molar-refractivity contribution in [3.8, 4) is 5.75 Å². The van der Waals surface area contributed by atoms with Gasteiger partial charge in [-0.2, -0.15) is 0 Å². The summed E-state index contributed by atoms with van der Waals surface area (Å²) in [5.41, 5.74) is 1.66. The third-order valence-corrected chi connectivity index (χ3v) is 6.12. The normalized spacial score (nSPS) is 16.8. The molecule has 1 atom stereocenters. The largest absolute Gasteiger partial charge is 0.507 e. The highest BCUT2D eigenvalue weighted by atomic mass is 35.5. The first-order valence-electron chi connectivity index (χ1n) is 11.1. The van der Waals surface area contributed by atoms with Gasteiger partial charge in [-0.05, 0) is 54.4 Å². The molecule has 3 aromatic rings. The van der Waals surface area contributed by atoms with Crippen LogP contribution >= 0.6 is 11.6 Å². The van der Waals surface area contributed by atoms with E-state index in [0.29, 0.717) is 22.4 Å². The molecule has 1 unspecified atom stereocenters. The lowest BCUT2D eigenvalue weighted by Crippen LogP contribution is -2.29. The Morgan fingerprint density at radius 2 is 1.89 bits per heavy atom. The number of nitrogens with zero attached hydrogens (tertiary/aromatic N) is 2. The minimum atomic E-state index is -0.911. The Balaban J connectivity index is 1.78. The number of Topliss-reactive ketones (excluding diaryl/α,β-unsaturated/α-hetero) is 1. The van der Waals surface area contributed by atoms with E-state index in [1.165, 1.54) is 30.3 Å². The van der Waals surface area contributed by atoms with Gasteiger partial charge in [-0.25, -0.2) is 4.79 Å². The number of aliphatic hydroxyl groups is 1. The van der Waals surface area contributed by atoms with Gasteiger partial charge in [0.2, 0.25) is 0 Å². The number of ketones is 1. The summed E-state index contributed by atoms with van der Waals surface area (Å²) in [6.07, 6.45) is 3.11. The Labute approximate surface area is 212 Å². The second kappa shape index (κ2) is 10.6. The number of carbonyl (C=O) groups excluding carboxylic acids is 3. The molecule has 0 spiro atoms. The highest BCUT2D eigenvalue weighted by molar-refractivity contribution is 6.47. The van der Waals surface area contributed by atoms with Crippen molar-refractivity contribution in [3.05, 3.63) is 99.8 Å². The Morgan fingerprint density at radius 1 is 1.14 bits per heavy atom. The van der Waals surface area contributed by atoms with Gasteiger partial charge in [0.15, 0.2) is 0 Å². The summed E-state index contributed by atoms with van der Waals surface area (Å²) in [7, 11) is 1.47. The fourth-order valence-electron chi connectivity index (χ4n) is 4.04. The van der Waals surface area contributed by atoms with Gasteiger partial charge in [0.1, 0.15) is 11.5 Å². The van der Waals surface area contributed by atoms with E-state index in [-0.39, 0.29) is 29.3 Å². The van der Waals surface area contributed by atoms with Gasteiger partial charge in [0.25, 0.3) is 11.7 Å². The topological polar surface area (TPSA) is 106 Å². The molecule has 1 aromatic heterocycles. The third-order valence-electron chi connectivity index (χ3n) is 5.79. The summed E-state index contributed by atoms with van der Waals surface area (Å²) in [5.74, 6) is -2.06. The molecule has 1 saturated heterocycles. The van der Waals surface area contributed by atoms with Crippen LogP contribution in [0, 0.1) is 0 Å². The van der Waals surface area contributed by atoms with Crippen molar-refractivity contribution in [2.75, 3.05) is 13.7 Å². The first kappa shape index (κ1) is 24.9. The molecule has 2 heterocycles. The number of benzene rings is 2. The number of aromatic nitrogens is 1. The fraction of sp³-hybridized carbons (Fsp3) is 0.185. The molecule has 0 aliphatic carbocycles. The molecule has 1 amide bonds. The van der Waals surface area contributed by atoms with Crippen molar-refractivity contribution in [3.63, 3.8) is 0 Å². The zero-order valence-corrected chi connectivity index (χ0v) is 20.4. The molecule has 184 valence electrons. The van der Waals surface area contributed by atoms with Crippen LogP contribution in [0.3, 0.4) is 0 Å². The summed E-state index contributed by atoms with van der Waals surface area (Å²) < 4.78 is 10.2. The summed E-state index contributed by atoms with van der Waals surface area (Å²) >= 11 is 6.32. The third kappa shape index (κ3) is 4.81. The van der Waals surface area contributed by atoms with Gasteiger partial charge in [-0.3, -0.25) is 14.6 Å². The van der Waals surface area contributed by atoms with Gasteiger partial charge >= 0.3 is 5.97 Å². The lowest BCUT2D eigenvalue weighted by molar-refractivity contribution is -0.140.